The molecule has 2 amide bonds. The number of nitrogens with zero attached hydrogens (tertiary/aromatic N) is 2. The van der Waals surface area contributed by atoms with Crippen molar-refractivity contribution in [3.05, 3.63) is 51.2 Å². The van der Waals surface area contributed by atoms with E-state index in [2.05, 4.69) is 22.7 Å². The quantitative estimate of drug-likeness (QED) is 0.858. The first-order chi connectivity index (χ1) is 12.0. The summed E-state index contributed by atoms with van der Waals surface area (Å²) in [4.78, 5) is 27.7. The predicted molar refractivity (Wildman–Crippen MR) is 100 cm³/mol. The Morgan fingerprint density at radius 3 is 2.56 bits per heavy atom. The average molecular weight is 379 g/mol. The number of hydrogen-bond acceptors (Lipinski definition) is 5. The number of carbonyl (C=O) groups excluding carboxylic acids is 2. The molecule has 1 saturated heterocycles. The van der Waals surface area contributed by atoms with Crippen molar-refractivity contribution in [2.75, 3.05) is 38.5 Å². The SMILES string of the molecule is CN1CCN(NC(=O)c2ccc(Cl)cc2NC(=O)c2cccs2)CC1. The summed E-state index contributed by atoms with van der Waals surface area (Å²) in [5.74, 6) is -0.520. The van der Waals surface area contributed by atoms with Gasteiger partial charge in [0.25, 0.3) is 11.8 Å². The molecule has 1 aromatic heterocycles. The number of hydrogen-bond donors (Lipinski definition) is 2. The summed E-state index contributed by atoms with van der Waals surface area (Å²) in [5.41, 5.74) is 3.68. The summed E-state index contributed by atoms with van der Waals surface area (Å²) in [5, 5.41) is 6.95. The molecule has 1 fully saturated rings. The van der Waals surface area contributed by atoms with Crippen molar-refractivity contribution < 1.29 is 9.59 Å². The topological polar surface area (TPSA) is 64.7 Å². The molecule has 2 heterocycles. The molecule has 3 rings (SSSR count). The van der Waals surface area contributed by atoms with Crippen LogP contribution in [0.4, 0.5) is 5.69 Å². The Hall–Kier alpha value is -1.93. The van der Waals surface area contributed by atoms with Crippen molar-refractivity contribution in [2.24, 2.45) is 0 Å². The number of anilines is 1. The summed E-state index contributed by atoms with van der Waals surface area (Å²) in [7, 11) is 2.05. The van der Waals surface area contributed by atoms with Gasteiger partial charge in [-0.1, -0.05) is 17.7 Å². The van der Waals surface area contributed by atoms with Crippen LogP contribution in [0.3, 0.4) is 0 Å². The summed E-state index contributed by atoms with van der Waals surface area (Å²) in [6.45, 7) is 3.30. The van der Waals surface area contributed by atoms with Crippen LogP contribution >= 0.6 is 22.9 Å². The van der Waals surface area contributed by atoms with Gasteiger partial charge in [0.05, 0.1) is 16.1 Å². The first-order valence-electron chi connectivity index (χ1n) is 7.92. The normalized spacial score (nSPS) is 15.8. The number of nitrogens with one attached hydrogen (secondary N) is 2. The van der Waals surface area contributed by atoms with E-state index in [1.807, 2.05) is 10.4 Å². The fraction of sp³-hybridized carbons (Fsp3) is 0.294. The van der Waals surface area contributed by atoms with Gasteiger partial charge < -0.3 is 10.2 Å². The molecule has 0 bridgehead atoms. The summed E-state index contributed by atoms with van der Waals surface area (Å²) in [6.07, 6.45) is 0. The van der Waals surface area contributed by atoms with Crippen LogP contribution in [0, 0.1) is 0 Å². The third-order valence-corrected chi connectivity index (χ3v) is 5.09. The second-order valence-electron chi connectivity index (χ2n) is 5.85. The Kier molecular flexibility index (Phi) is 5.70. The Labute approximate surface area is 155 Å². The molecule has 0 saturated carbocycles. The van der Waals surface area contributed by atoms with Crippen molar-refractivity contribution in [3.63, 3.8) is 0 Å². The van der Waals surface area contributed by atoms with Crippen molar-refractivity contribution in [1.82, 2.24) is 15.3 Å². The van der Waals surface area contributed by atoms with Gasteiger partial charge in [-0.15, -0.1) is 11.3 Å². The Balaban J connectivity index is 1.74. The molecule has 6 nitrogen and oxygen atoms in total. The molecule has 1 aliphatic rings. The maximum absolute atomic E-state index is 12.6. The van der Waals surface area contributed by atoms with Gasteiger partial charge in [-0.05, 0) is 36.7 Å². The van der Waals surface area contributed by atoms with E-state index in [0.29, 0.717) is 21.2 Å². The number of piperazine rings is 1. The fourth-order valence-electron chi connectivity index (χ4n) is 2.53. The molecule has 25 heavy (non-hydrogen) atoms. The van der Waals surface area contributed by atoms with E-state index < -0.39 is 0 Å². The number of amides is 2. The van der Waals surface area contributed by atoms with Gasteiger partial charge in [0.1, 0.15) is 0 Å². The molecule has 2 aromatic rings. The highest BCUT2D eigenvalue weighted by Crippen LogP contribution is 2.23. The highest BCUT2D eigenvalue weighted by atomic mass is 35.5. The largest absolute Gasteiger partial charge is 0.320 e. The molecule has 132 valence electrons. The highest BCUT2D eigenvalue weighted by molar-refractivity contribution is 7.12. The fourth-order valence-corrected chi connectivity index (χ4v) is 3.32. The van der Waals surface area contributed by atoms with Crippen molar-refractivity contribution in [2.45, 2.75) is 0 Å². The van der Waals surface area contributed by atoms with E-state index in [1.165, 1.54) is 11.3 Å². The number of rotatable bonds is 4. The molecular formula is C17H19ClN4O2S. The van der Waals surface area contributed by atoms with Gasteiger partial charge in [-0.3, -0.25) is 15.0 Å². The number of halogens is 1. The molecule has 1 aromatic carbocycles. The third kappa shape index (κ3) is 4.58. The second-order valence-corrected chi connectivity index (χ2v) is 7.24. The van der Waals surface area contributed by atoms with Crippen LogP contribution in [0.5, 0.6) is 0 Å². The zero-order valence-corrected chi connectivity index (χ0v) is 15.4. The van der Waals surface area contributed by atoms with E-state index in [4.69, 9.17) is 11.6 Å². The van der Waals surface area contributed by atoms with Gasteiger partial charge >= 0.3 is 0 Å². The monoisotopic (exact) mass is 378 g/mol. The van der Waals surface area contributed by atoms with Crippen molar-refractivity contribution in [1.29, 1.82) is 0 Å². The molecule has 0 spiro atoms. The molecule has 0 radical (unpaired) electrons. The van der Waals surface area contributed by atoms with E-state index in [9.17, 15) is 9.59 Å². The minimum Gasteiger partial charge on any atom is -0.320 e. The molecule has 0 atom stereocenters. The summed E-state index contributed by atoms with van der Waals surface area (Å²) >= 11 is 7.38. The molecule has 1 aliphatic heterocycles. The molecule has 2 N–H and O–H groups in total. The van der Waals surface area contributed by atoms with Crippen LogP contribution in [0.1, 0.15) is 20.0 Å². The van der Waals surface area contributed by atoms with Crippen LogP contribution in [0.25, 0.3) is 0 Å². The molecule has 0 unspecified atom stereocenters. The van der Waals surface area contributed by atoms with Crippen LogP contribution in [0.15, 0.2) is 35.7 Å². The number of hydrazine groups is 1. The van der Waals surface area contributed by atoms with Crippen LogP contribution in [-0.2, 0) is 0 Å². The smallest absolute Gasteiger partial charge is 0.267 e. The Morgan fingerprint density at radius 1 is 1.12 bits per heavy atom. The third-order valence-electron chi connectivity index (χ3n) is 3.98. The van der Waals surface area contributed by atoms with Crippen LogP contribution < -0.4 is 10.7 Å². The first-order valence-corrected chi connectivity index (χ1v) is 9.17. The Bertz CT molecular complexity index is 758. The van der Waals surface area contributed by atoms with Gasteiger partial charge in [0.2, 0.25) is 0 Å². The zero-order valence-electron chi connectivity index (χ0n) is 13.8. The summed E-state index contributed by atoms with van der Waals surface area (Å²) < 4.78 is 0. The summed E-state index contributed by atoms with van der Waals surface area (Å²) in [6, 6.07) is 8.39. The lowest BCUT2D eigenvalue weighted by Crippen LogP contribution is -2.52. The zero-order chi connectivity index (χ0) is 17.8. The van der Waals surface area contributed by atoms with E-state index in [0.717, 1.165) is 26.2 Å². The van der Waals surface area contributed by atoms with Crippen LogP contribution in [0.2, 0.25) is 5.02 Å². The minimum absolute atomic E-state index is 0.258. The minimum atomic E-state index is -0.261. The Morgan fingerprint density at radius 2 is 1.88 bits per heavy atom. The van der Waals surface area contributed by atoms with Gasteiger partial charge in [-0.2, -0.15) is 0 Å². The standard InChI is InChI=1S/C17H19ClN4O2S/c1-21-6-8-22(9-7-21)20-16(23)13-5-4-12(18)11-14(13)19-17(24)15-3-2-10-25-15/h2-5,10-11H,6-9H2,1H3,(H,19,24)(H,20,23). The van der Waals surface area contributed by atoms with Crippen molar-refractivity contribution >= 4 is 40.4 Å². The number of likely N-dealkylation sites (N-methyl/N-ethyl adjacent to an activating group) is 1. The molecular weight excluding hydrogens is 360 g/mol. The molecule has 8 heteroatoms. The second kappa shape index (κ2) is 7.97. The van der Waals surface area contributed by atoms with Crippen molar-refractivity contribution in [3.8, 4) is 0 Å². The number of thiophene rings is 1. The predicted octanol–water partition coefficient (Wildman–Crippen LogP) is 2.55. The highest BCUT2D eigenvalue weighted by Gasteiger charge is 2.20. The average Bonchev–Trinajstić information content (AvgIpc) is 3.11. The van der Waals surface area contributed by atoms with E-state index >= 15 is 0 Å². The number of carbonyl (C=O) groups is 2. The lowest BCUT2D eigenvalue weighted by Gasteiger charge is -2.32. The van der Waals surface area contributed by atoms with Gasteiger partial charge in [0, 0.05) is 31.2 Å². The van der Waals surface area contributed by atoms with E-state index in [-0.39, 0.29) is 11.8 Å². The van der Waals surface area contributed by atoms with E-state index in [1.54, 1.807) is 30.3 Å². The number of benzene rings is 1. The first kappa shape index (κ1) is 17.9. The molecule has 0 aliphatic carbocycles. The van der Waals surface area contributed by atoms with Gasteiger partial charge in [0.15, 0.2) is 0 Å². The van der Waals surface area contributed by atoms with Crippen LogP contribution in [-0.4, -0.2) is 54.9 Å². The maximum Gasteiger partial charge on any atom is 0.267 e. The lowest BCUT2D eigenvalue weighted by atomic mass is 10.1. The maximum atomic E-state index is 12.6. The lowest BCUT2D eigenvalue weighted by molar-refractivity contribution is 0.0663. The van der Waals surface area contributed by atoms with Gasteiger partial charge in [-0.25, -0.2) is 5.01 Å².